The van der Waals surface area contributed by atoms with Crippen LogP contribution in [0, 0.1) is 16.4 Å². The van der Waals surface area contributed by atoms with Crippen LogP contribution >= 0.6 is 35.0 Å². The van der Waals surface area contributed by atoms with Crippen LogP contribution in [-0.4, -0.2) is 19.0 Å². The van der Waals surface area contributed by atoms with E-state index in [9.17, 15) is 4.79 Å². The molecule has 1 unspecified atom stereocenters. The molecule has 0 spiro atoms. The highest BCUT2D eigenvalue weighted by atomic mass is 127. The van der Waals surface area contributed by atoms with E-state index in [0.29, 0.717) is 0 Å². The molecule has 0 saturated carbocycles. The molecule has 2 N–H and O–H groups in total. The van der Waals surface area contributed by atoms with Gasteiger partial charge < -0.3 is 10.6 Å². The van der Waals surface area contributed by atoms with Crippen LogP contribution in [0.25, 0.3) is 0 Å². The Kier molecular flexibility index (Phi) is 5.69. The smallest absolute Gasteiger partial charge is 0.228 e. The van der Waals surface area contributed by atoms with Crippen molar-refractivity contribution >= 4 is 46.6 Å². The molecule has 0 bridgehead atoms. The predicted molar refractivity (Wildman–Crippen MR) is 80.8 cm³/mol. The SMILES string of the molecule is Cc1ccc(NC(=O)C2CCNC2)cc1I.Cl. The molecule has 1 fully saturated rings. The summed E-state index contributed by atoms with van der Waals surface area (Å²) in [5.74, 6) is 0.253. The highest BCUT2D eigenvalue weighted by molar-refractivity contribution is 14.1. The zero-order chi connectivity index (χ0) is 11.5. The number of hydrogen-bond donors (Lipinski definition) is 2. The lowest BCUT2D eigenvalue weighted by Crippen LogP contribution is -2.24. The fourth-order valence-electron chi connectivity index (χ4n) is 1.79. The van der Waals surface area contributed by atoms with E-state index in [1.807, 2.05) is 18.2 Å². The molecular weight excluding hydrogens is 351 g/mol. The van der Waals surface area contributed by atoms with E-state index in [0.717, 1.165) is 25.2 Å². The number of carbonyl (C=O) groups excluding carboxylic acids is 1. The molecule has 1 aromatic carbocycles. The zero-order valence-corrected chi connectivity index (χ0v) is 12.6. The Labute approximate surface area is 121 Å². The van der Waals surface area contributed by atoms with E-state index < -0.39 is 0 Å². The predicted octanol–water partition coefficient (Wildman–Crippen LogP) is 2.57. The molecule has 1 atom stereocenters. The second-order valence-corrected chi connectivity index (χ2v) is 5.31. The number of nitrogens with one attached hydrogen (secondary N) is 2. The molecule has 3 nitrogen and oxygen atoms in total. The average molecular weight is 367 g/mol. The number of amides is 1. The van der Waals surface area contributed by atoms with Crippen molar-refractivity contribution in [1.29, 1.82) is 0 Å². The van der Waals surface area contributed by atoms with Crippen LogP contribution in [0.2, 0.25) is 0 Å². The van der Waals surface area contributed by atoms with Gasteiger partial charge in [0.25, 0.3) is 0 Å². The van der Waals surface area contributed by atoms with Gasteiger partial charge in [0.05, 0.1) is 5.92 Å². The van der Waals surface area contributed by atoms with Gasteiger partial charge in [0, 0.05) is 15.8 Å². The summed E-state index contributed by atoms with van der Waals surface area (Å²) in [5, 5.41) is 6.17. The van der Waals surface area contributed by atoms with Gasteiger partial charge in [-0.15, -0.1) is 12.4 Å². The van der Waals surface area contributed by atoms with E-state index in [4.69, 9.17) is 0 Å². The summed E-state index contributed by atoms with van der Waals surface area (Å²) < 4.78 is 1.18. The van der Waals surface area contributed by atoms with Crippen LogP contribution in [0.5, 0.6) is 0 Å². The largest absolute Gasteiger partial charge is 0.326 e. The summed E-state index contributed by atoms with van der Waals surface area (Å²) in [5.41, 5.74) is 2.13. The van der Waals surface area contributed by atoms with Crippen LogP contribution in [0.4, 0.5) is 5.69 Å². The summed E-state index contributed by atoms with van der Waals surface area (Å²) in [6.45, 7) is 3.81. The number of benzene rings is 1. The lowest BCUT2D eigenvalue weighted by Gasteiger charge is -2.10. The lowest BCUT2D eigenvalue weighted by atomic mass is 10.1. The molecular formula is C12H16ClIN2O. The first kappa shape index (κ1) is 14.7. The fraction of sp³-hybridized carbons (Fsp3) is 0.417. The van der Waals surface area contributed by atoms with Gasteiger partial charge >= 0.3 is 0 Å². The van der Waals surface area contributed by atoms with Gasteiger partial charge in [-0.1, -0.05) is 6.07 Å². The van der Waals surface area contributed by atoms with E-state index in [-0.39, 0.29) is 24.2 Å². The molecule has 1 amide bonds. The normalized spacial score (nSPS) is 18.6. The quantitative estimate of drug-likeness (QED) is 0.790. The molecule has 0 radical (unpaired) electrons. The molecule has 1 saturated heterocycles. The van der Waals surface area contributed by atoms with E-state index in [1.165, 1.54) is 9.13 Å². The van der Waals surface area contributed by atoms with Gasteiger partial charge in [0.15, 0.2) is 0 Å². The van der Waals surface area contributed by atoms with Gasteiger partial charge in [-0.25, -0.2) is 0 Å². The number of rotatable bonds is 2. The second-order valence-electron chi connectivity index (χ2n) is 4.14. The monoisotopic (exact) mass is 366 g/mol. The Balaban J connectivity index is 0.00000144. The van der Waals surface area contributed by atoms with Crippen molar-refractivity contribution in [3.05, 3.63) is 27.3 Å². The summed E-state index contributed by atoms with van der Waals surface area (Å²) in [4.78, 5) is 11.9. The number of carbonyl (C=O) groups is 1. The highest BCUT2D eigenvalue weighted by Crippen LogP contribution is 2.18. The molecule has 0 aromatic heterocycles. The number of anilines is 1. The van der Waals surface area contributed by atoms with Crippen LogP contribution in [0.3, 0.4) is 0 Å². The standard InChI is InChI=1S/C12H15IN2O.ClH/c1-8-2-3-10(6-11(8)13)15-12(16)9-4-5-14-7-9;/h2-3,6,9,14H,4-5,7H2,1H3,(H,15,16);1H. The van der Waals surface area contributed by atoms with Crippen molar-refractivity contribution in [2.75, 3.05) is 18.4 Å². The van der Waals surface area contributed by atoms with Crippen LogP contribution in [0.1, 0.15) is 12.0 Å². The van der Waals surface area contributed by atoms with Crippen molar-refractivity contribution in [2.24, 2.45) is 5.92 Å². The minimum absolute atomic E-state index is 0. The van der Waals surface area contributed by atoms with Crippen molar-refractivity contribution in [3.8, 4) is 0 Å². The Morgan fingerprint density at radius 2 is 2.29 bits per heavy atom. The lowest BCUT2D eigenvalue weighted by molar-refractivity contribution is -0.119. The molecule has 17 heavy (non-hydrogen) atoms. The topological polar surface area (TPSA) is 41.1 Å². The molecule has 0 aliphatic carbocycles. The van der Waals surface area contributed by atoms with E-state index >= 15 is 0 Å². The maximum absolute atomic E-state index is 11.9. The first-order valence-corrected chi connectivity index (χ1v) is 6.52. The number of halogens is 2. The zero-order valence-electron chi connectivity index (χ0n) is 9.63. The number of hydrogen-bond acceptors (Lipinski definition) is 2. The molecule has 1 aromatic rings. The maximum Gasteiger partial charge on any atom is 0.228 e. The van der Waals surface area contributed by atoms with Crippen LogP contribution in [-0.2, 0) is 4.79 Å². The molecule has 2 rings (SSSR count). The van der Waals surface area contributed by atoms with Crippen LogP contribution in [0.15, 0.2) is 18.2 Å². The Morgan fingerprint density at radius 3 is 2.88 bits per heavy atom. The Morgan fingerprint density at radius 1 is 1.53 bits per heavy atom. The highest BCUT2D eigenvalue weighted by Gasteiger charge is 2.22. The summed E-state index contributed by atoms with van der Waals surface area (Å²) in [7, 11) is 0. The van der Waals surface area contributed by atoms with Gasteiger partial charge in [-0.05, 0) is 60.2 Å². The summed E-state index contributed by atoms with van der Waals surface area (Å²) >= 11 is 2.28. The molecule has 5 heteroatoms. The van der Waals surface area contributed by atoms with Crippen molar-refractivity contribution in [2.45, 2.75) is 13.3 Å². The summed E-state index contributed by atoms with van der Waals surface area (Å²) in [6.07, 6.45) is 0.939. The van der Waals surface area contributed by atoms with Crippen molar-refractivity contribution in [1.82, 2.24) is 5.32 Å². The van der Waals surface area contributed by atoms with Crippen LogP contribution < -0.4 is 10.6 Å². The maximum atomic E-state index is 11.9. The van der Waals surface area contributed by atoms with Gasteiger partial charge in [-0.3, -0.25) is 4.79 Å². The Hall–Kier alpha value is -0.330. The minimum atomic E-state index is 0. The first-order valence-electron chi connectivity index (χ1n) is 5.44. The third-order valence-corrected chi connectivity index (χ3v) is 4.03. The average Bonchev–Trinajstić information content (AvgIpc) is 2.77. The second kappa shape index (κ2) is 6.56. The third kappa shape index (κ3) is 3.82. The van der Waals surface area contributed by atoms with Crippen molar-refractivity contribution in [3.63, 3.8) is 0 Å². The van der Waals surface area contributed by atoms with Crippen molar-refractivity contribution < 1.29 is 4.79 Å². The minimum Gasteiger partial charge on any atom is -0.326 e. The third-order valence-electron chi connectivity index (χ3n) is 2.87. The number of aryl methyl sites for hydroxylation is 1. The molecule has 94 valence electrons. The first-order chi connectivity index (χ1) is 7.66. The van der Waals surface area contributed by atoms with Gasteiger partial charge in [0.1, 0.15) is 0 Å². The van der Waals surface area contributed by atoms with Gasteiger partial charge in [0.2, 0.25) is 5.91 Å². The molecule has 1 aliphatic rings. The van der Waals surface area contributed by atoms with E-state index in [2.05, 4.69) is 40.1 Å². The molecule has 1 heterocycles. The molecule has 1 aliphatic heterocycles. The fourth-order valence-corrected chi connectivity index (χ4v) is 2.31. The summed E-state index contributed by atoms with van der Waals surface area (Å²) in [6, 6.07) is 6.00. The van der Waals surface area contributed by atoms with Gasteiger partial charge in [-0.2, -0.15) is 0 Å². The Bertz CT molecular complexity index is 405. The van der Waals surface area contributed by atoms with E-state index in [1.54, 1.807) is 0 Å².